The Labute approximate surface area is 111 Å². The second-order valence-electron chi connectivity index (χ2n) is 5.29. The van der Waals surface area contributed by atoms with Crippen LogP contribution in [0.15, 0.2) is 36.9 Å². The summed E-state index contributed by atoms with van der Waals surface area (Å²) in [5, 5.41) is 0. The molecule has 0 bridgehead atoms. The van der Waals surface area contributed by atoms with Gasteiger partial charge in [-0.1, -0.05) is 38.1 Å². The summed E-state index contributed by atoms with van der Waals surface area (Å²) < 4.78 is 5.51. The highest BCUT2D eigenvalue weighted by Gasteiger charge is 2.20. The Hall–Kier alpha value is -1.24. The molecule has 1 nitrogen and oxygen atoms in total. The molecule has 1 saturated carbocycles. The molecule has 1 fully saturated rings. The molecule has 1 aliphatic carbocycles. The van der Waals surface area contributed by atoms with Crippen LogP contribution in [-0.2, 0) is 0 Å². The molecule has 1 aromatic rings. The van der Waals surface area contributed by atoms with E-state index in [0.29, 0.717) is 6.61 Å². The van der Waals surface area contributed by atoms with Gasteiger partial charge in [0, 0.05) is 0 Å². The highest BCUT2D eigenvalue weighted by Crippen LogP contribution is 2.37. The second kappa shape index (κ2) is 6.63. The molecule has 18 heavy (non-hydrogen) atoms. The molecular weight excluding hydrogens is 220 g/mol. The first kappa shape index (κ1) is 13.2. The molecule has 0 spiro atoms. The molecule has 1 aromatic carbocycles. The number of ether oxygens (including phenoxy) is 1. The van der Waals surface area contributed by atoms with E-state index >= 15 is 0 Å². The third kappa shape index (κ3) is 3.38. The van der Waals surface area contributed by atoms with Crippen molar-refractivity contribution in [2.75, 3.05) is 6.61 Å². The molecule has 1 heteroatoms. The van der Waals surface area contributed by atoms with Gasteiger partial charge < -0.3 is 4.74 Å². The van der Waals surface area contributed by atoms with E-state index < -0.39 is 0 Å². The fourth-order valence-corrected chi connectivity index (χ4v) is 2.90. The van der Waals surface area contributed by atoms with Crippen molar-refractivity contribution in [3.63, 3.8) is 0 Å². The van der Waals surface area contributed by atoms with Gasteiger partial charge in [0.1, 0.15) is 12.4 Å². The number of hydrogen-bond donors (Lipinski definition) is 0. The monoisotopic (exact) mass is 244 g/mol. The summed E-state index contributed by atoms with van der Waals surface area (Å²) in [5.74, 6) is 2.68. The summed E-state index contributed by atoms with van der Waals surface area (Å²) in [5.41, 5.74) is 1.48. The zero-order valence-electron chi connectivity index (χ0n) is 11.4. The van der Waals surface area contributed by atoms with Crippen molar-refractivity contribution in [2.45, 2.75) is 44.9 Å². The molecular formula is C17H24O. The van der Waals surface area contributed by atoms with E-state index in [1.807, 2.05) is 0 Å². The van der Waals surface area contributed by atoms with Gasteiger partial charge in [-0.3, -0.25) is 0 Å². The zero-order chi connectivity index (χ0) is 12.8. The summed E-state index contributed by atoms with van der Waals surface area (Å²) in [6.07, 6.45) is 8.63. The normalized spacial score (nSPS) is 23.6. The van der Waals surface area contributed by atoms with Gasteiger partial charge in [-0.2, -0.15) is 0 Å². The van der Waals surface area contributed by atoms with Gasteiger partial charge in [0.2, 0.25) is 0 Å². The molecule has 1 aliphatic rings. The van der Waals surface area contributed by atoms with Gasteiger partial charge >= 0.3 is 0 Å². The summed E-state index contributed by atoms with van der Waals surface area (Å²) in [4.78, 5) is 0. The molecule has 0 aliphatic heterocycles. The average Bonchev–Trinajstić information content (AvgIpc) is 2.46. The van der Waals surface area contributed by atoms with Crippen molar-refractivity contribution in [2.24, 2.45) is 5.92 Å². The molecule has 0 unspecified atom stereocenters. The number of hydrogen-bond acceptors (Lipinski definition) is 1. The maximum absolute atomic E-state index is 5.51. The minimum absolute atomic E-state index is 0.584. The van der Waals surface area contributed by atoms with Crippen LogP contribution in [0, 0.1) is 5.92 Å². The van der Waals surface area contributed by atoms with Crippen LogP contribution in [0.5, 0.6) is 5.75 Å². The van der Waals surface area contributed by atoms with Crippen LogP contribution in [0.4, 0.5) is 0 Å². The molecule has 98 valence electrons. The predicted molar refractivity (Wildman–Crippen MR) is 77.1 cm³/mol. The first-order chi connectivity index (χ1) is 8.83. The Balaban J connectivity index is 1.91. The van der Waals surface area contributed by atoms with Crippen molar-refractivity contribution in [1.29, 1.82) is 0 Å². The van der Waals surface area contributed by atoms with Crippen LogP contribution in [0.3, 0.4) is 0 Å². The van der Waals surface area contributed by atoms with Crippen LogP contribution >= 0.6 is 0 Å². The molecule has 2 rings (SSSR count). The van der Waals surface area contributed by atoms with Crippen molar-refractivity contribution < 1.29 is 4.74 Å². The van der Waals surface area contributed by atoms with Crippen LogP contribution < -0.4 is 4.74 Å². The molecule has 0 aromatic heterocycles. The molecule has 0 N–H and O–H groups in total. The second-order valence-corrected chi connectivity index (χ2v) is 5.29. The van der Waals surface area contributed by atoms with E-state index in [-0.39, 0.29) is 0 Å². The van der Waals surface area contributed by atoms with E-state index in [9.17, 15) is 0 Å². The topological polar surface area (TPSA) is 9.23 Å². The lowest BCUT2D eigenvalue weighted by atomic mass is 9.78. The first-order valence-electron chi connectivity index (χ1n) is 7.17. The van der Waals surface area contributed by atoms with E-state index in [1.54, 1.807) is 6.08 Å². The Kier molecular flexibility index (Phi) is 4.86. The lowest BCUT2D eigenvalue weighted by Gasteiger charge is -2.28. The zero-order valence-corrected chi connectivity index (χ0v) is 11.4. The van der Waals surface area contributed by atoms with Crippen molar-refractivity contribution in [1.82, 2.24) is 0 Å². The van der Waals surface area contributed by atoms with E-state index in [4.69, 9.17) is 4.74 Å². The molecule has 0 atom stereocenters. The van der Waals surface area contributed by atoms with E-state index in [2.05, 4.69) is 37.8 Å². The lowest BCUT2D eigenvalue weighted by Crippen LogP contribution is -2.12. The smallest absolute Gasteiger partial charge is 0.119 e. The lowest BCUT2D eigenvalue weighted by molar-refractivity contribution is 0.318. The Bertz CT molecular complexity index is 358. The quantitative estimate of drug-likeness (QED) is 0.667. The minimum atomic E-state index is 0.584. The Morgan fingerprint density at radius 2 is 1.83 bits per heavy atom. The van der Waals surface area contributed by atoms with Gasteiger partial charge in [-0.25, -0.2) is 0 Å². The van der Waals surface area contributed by atoms with Crippen molar-refractivity contribution in [3.05, 3.63) is 42.5 Å². The van der Waals surface area contributed by atoms with Gasteiger partial charge in [-0.15, -0.1) is 0 Å². The Morgan fingerprint density at radius 1 is 1.17 bits per heavy atom. The number of rotatable bonds is 5. The van der Waals surface area contributed by atoms with Crippen LogP contribution in [-0.4, -0.2) is 6.61 Å². The molecule has 0 radical (unpaired) electrons. The fraction of sp³-hybridized carbons (Fsp3) is 0.529. The highest BCUT2D eigenvalue weighted by atomic mass is 16.5. The van der Waals surface area contributed by atoms with Gasteiger partial charge in [0.15, 0.2) is 0 Å². The van der Waals surface area contributed by atoms with Crippen LogP contribution in [0.2, 0.25) is 0 Å². The molecule has 0 amide bonds. The maximum atomic E-state index is 5.51. The van der Waals surface area contributed by atoms with Crippen LogP contribution in [0.25, 0.3) is 0 Å². The standard InChI is InChI=1S/C17H24O/c1-3-13-18-17-11-9-16(10-12-17)15-7-5-14(4-2)6-8-15/h3,9-12,14-15H,1,4-8,13H2,2H3. The predicted octanol–water partition coefficient (Wildman–Crippen LogP) is 4.94. The molecule has 0 saturated heterocycles. The van der Waals surface area contributed by atoms with E-state index in [0.717, 1.165) is 17.6 Å². The average molecular weight is 244 g/mol. The fourth-order valence-electron chi connectivity index (χ4n) is 2.90. The summed E-state index contributed by atoms with van der Waals surface area (Å²) >= 11 is 0. The van der Waals surface area contributed by atoms with Gasteiger partial charge in [0.05, 0.1) is 0 Å². The van der Waals surface area contributed by atoms with Gasteiger partial charge in [-0.05, 0) is 55.2 Å². The number of benzene rings is 1. The largest absolute Gasteiger partial charge is 0.490 e. The van der Waals surface area contributed by atoms with Gasteiger partial charge in [0.25, 0.3) is 0 Å². The first-order valence-corrected chi connectivity index (χ1v) is 7.17. The van der Waals surface area contributed by atoms with Crippen LogP contribution in [0.1, 0.15) is 50.5 Å². The van der Waals surface area contributed by atoms with Crippen molar-refractivity contribution >= 4 is 0 Å². The third-order valence-corrected chi connectivity index (χ3v) is 4.14. The SMILES string of the molecule is C=CCOc1ccc(C2CCC(CC)CC2)cc1. The summed E-state index contributed by atoms with van der Waals surface area (Å²) in [6.45, 7) is 6.56. The minimum Gasteiger partial charge on any atom is -0.490 e. The van der Waals surface area contributed by atoms with E-state index in [1.165, 1.54) is 37.7 Å². The highest BCUT2D eigenvalue weighted by molar-refractivity contribution is 5.29. The Morgan fingerprint density at radius 3 is 2.39 bits per heavy atom. The summed E-state index contributed by atoms with van der Waals surface area (Å²) in [6, 6.07) is 8.64. The van der Waals surface area contributed by atoms with Crippen molar-refractivity contribution in [3.8, 4) is 5.75 Å². The summed E-state index contributed by atoms with van der Waals surface area (Å²) in [7, 11) is 0. The maximum Gasteiger partial charge on any atom is 0.119 e. The molecule has 0 heterocycles. The third-order valence-electron chi connectivity index (χ3n) is 4.14.